The lowest BCUT2D eigenvalue weighted by atomic mass is 10.1. The largest absolute Gasteiger partial charge is 0.342 e. The number of amides is 1. The van der Waals surface area contributed by atoms with Crippen LogP contribution < -0.4 is 0 Å². The van der Waals surface area contributed by atoms with Crippen molar-refractivity contribution in [2.24, 2.45) is 0 Å². The molecule has 0 radical (unpaired) electrons. The van der Waals surface area contributed by atoms with Gasteiger partial charge in [-0.3, -0.25) is 4.79 Å². The van der Waals surface area contributed by atoms with Crippen LogP contribution in [-0.4, -0.2) is 29.8 Å². The van der Waals surface area contributed by atoms with E-state index in [9.17, 15) is 4.79 Å². The lowest BCUT2D eigenvalue weighted by Crippen LogP contribution is -2.33. The second-order valence-electron chi connectivity index (χ2n) is 5.65. The molecule has 0 atom stereocenters. The first kappa shape index (κ1) is 19.8. The zero-order valence-corrected chi connectivity index (χ0v) is 14.4. The van der Waals surface area contributed by atoms with Crippen LogP contribution in [0.25, 0.3) is 0 Å². The summed E-state index contributed by atoms with van der Waals surface area (Å²) in [6.45, 7) is 5.91. The third-order valence-corrected chi connectivity index (χ3v) is 3.86. The topological polar surface area (TPSA) is 20.3 Å². The number of alkyl halides is 1. The number of nitrogens with zero attached hydrogens (tertiary/aromatic N) is 1. The predicted molar refractivity (Wildman–Crippen MR) is 89.4 cm³/mol. The standard InChI is InChI=1S/C17H34ClNO/c1-3-5-6-7-8-9-10-11-12-13-17(20)19(15-4-2)16-14-18/h3-16H2,1-2H3. The Kier molecular flexibility index (Phi) is 15.0. The molecule has 0 spiro atoms. The fourth-order valence-electron chi connectivity index (χ4n) is 2.48. The molecule has 0 saturated carbocycles. The Labute approximate surface area is 131 Å². The Hall–Kier alpha value is -0.240. The van der Waals surface area contributed by atoms with E-state index in [1.807, 2.05) is 4.90 Å². The highest BCUT2D eigenvalue weighted by Crippen LogP contribution is 2.11. The Bertz CT molecular complexity index is 215. The molecule has 3 heteroatoms. The predicted octanol–water partition coefficient (Wildman–Crippen LogP) is 5.38. The van der Waals surface area contributed by atoms with E-state index in [1.54, 1.807) is 0 Å². The molecule has 0 aliphatic heterocycles. The number of halogens is 1. The molecule has 0 saturated heterocycles. The minimum atomic E-state index is 0.287. The summed E-state index contributed by atoms with van der Waals surface area (Å²) in [5.41, 5.74) is 0. The van der Waals surface area contributed by atoms with Crippen molar-refractivity contribution in [2.45, 2.75) is 84.5 Å². The number of unbranched alkanes of at least 4 members (excludes halogenated alkanes) is 8. The van der Waals surface area contributed by atoms with Gasteiger partial charge in [-0.1, -0.05) is 65.2 Å². The molecule has 0 aromatic carbocycles. The van der Waals surface area contributed by atoms with Crippen molar-refractivity contribution in [2.75, 3.05) is 19.0 Å². The Balaban J connectivity index is 3.45. The summed E-state index contributed by atoms with van der Waals surface area (Å²) in [5, 5.41) is 0. The summed E-state index contributed by atoms with van der Waals surface area (Å²) in [6.07, 6.45) is 13.4. The maximum Gasteiger partial charge on any atom is 0.222 e. The summed E-state index contributed by atoms with van der Waals surface area (Å²) in [5.74, 6) is 0.833. The fraction of sp³-hybridized carbons (Fsp3) is 0.941. The van der Waals surface area contributed by atoms with Crippen molar-refractivity contribution in [1.29, 1.82) is 0 Å². The third-order valence-electron chi connectivity index (χ3n) is 3.69. The highest BCUT2D eigenvalue weighted by Gasteiger charge is 2.10. The van der Waals surface area contributed by atoms with Crippen molar-refractivity contribution < 1.29 is 4.79 Å². The average Bonchev–Trinajstić information content (AvgIpc) is 2.45. The van der Waals surface area contributed by atoms with Crippen molar-refractivity contribution in [3.63, 3.8) is 0 Å². The van der Waals surface area contributed by atoms with Crippen LogP contribution in [0.15, 0.2) is 0 Å². The minimum Gasteiger partial charge on any atom is -0.342 e. The molecule has 2 nitrogen and oxygen atoms in total. The fourth-order valence-corrected chi connectivity index (χ4v) is 2.68. The van der Waals surface area contributed by atoms with Gasteiger partial charge in [0.05, 0.1) is 0 Å². The van der Waals surface area contributed by atoms with Gasteiger partial charge < -0.3 is 4.90 Å². The van der Waals surface area contributed by atoms with Gasteiger partial charge in [-0.15, -0.1) is 11.6 Å². The molecule has 0 N–H and O–H groups in total. The third kappa shape index (κ3) is 11.6. The molecular weight excluding hydrogens is 270 g/mol. The molecule has 0 fully saturated rings. The van der Waals surface area contributed by atoms with Crippen molar-refractivity contribution in [1.82, 2.24) is 4.90 Å². The highest BCUT2D eigenvalue weighted by molar-refractivity contribution is 6.18. The van der Waals surface area contributed by atoms with Crippen molar-refractivity contribution in [3.05, 3.63) is 0 Å². The van der Waals surface area contributed by atoms with Crippen LogP contribution in [0.4, 0.5) is 0 Å². The summed E-state index contributed by atoms with van der Waals surface area (Å²) in [4.78, 5) is 13.9. The van der Waals surface area contributed by atoms with Gasteiger partial charge >= 0.3 is 0 Å². The van der Waals surface area contributed by atoms with Gasteiger partial charge in [-0.25, -0.2) is 0 Å². The number of hydrogen-bond acceptors (Lipinski definition) is 1. The molecule has 0 aliphatic rings. The van der Waals surface area contributed by atoms with E-state index in [4.69, 9.17) is 11.6 Å². The minimum absolute atomic E-state index is 0.287. The zero-order valence-electron chi connectivity index (χ0n) is 13.6. The summed E-state index contributed by atoms with van der Waals surface area (Å²) >= 11 is 5.74. The van der Waals surface area contributed by atoms with Crippen molar-refractivity contribution >= 4 is 17.5 Å². The molecule has 0 rings (SSSR count). The van der Waals surface area contributed by atoms with Crippen LogP contribution >= 0.6 is 11.6 Å². The van der Waals surface area contributed by atoms with E-state index in [2.05, 4.69) is 13.8 Å². The van der Waals surface area contributed by atoms with Crippen LogP contribution in [-0.2, 0) is 4.79 Å². The van der Waals surface area contributed by atoms with Crippen LogP contribution in [0.5, 0.6) is 0 Å². The van der Waals surface area contributed by atoms with Gasteiger partial charge in [-0.2, -0.15) is 0 Å². The average molecular weight is 304 g/mol. The Morgan fingerprint density at radius 2 is 1.35 bits per heavy atom. The molecule has 1 amide bonds. The van der Waals surface area contributed by atoms with Crippen LogP contribution in [0.1, 0.15) is 84.5 Å². The maximum atomic E-state index is 12.0. The molecule has 0 aliphatic carbocycles. The number of carbonyl (C=O) groups excluding carboxylic acids is 1. The molecule has 0 aromatic rings. The van der Waals surface area contributed by atoms with Crippen LogP contribution in [0, 0.1) is 0 Å². The zero-order chi connectivity index (χ0) is 15.1. The monoisotopic (exact) mass is 303 g/mol. The summed E-state index contributed by atoms with van der Waals surface area (Å²) in [7, 11) is 0. The molecule has 0 heterocycles. The van der Waals surface area contributed by atoms with Gasteiger partial charge in [0.1, 0.15) is 0 Å². The van der Waals surface area contributed by atoms with E-state index in [-0.39, 0.29) is 5.91 Å². The molecule has 0 unspecified atom stereocenters. The smallest absolute Gasteiger partial charge is 0.222 e. The van der Waals surface area contributed by atoms with E-state index in [1.165, 1.54) is 51.4 Å². The molecule has 20 heavy (non-hydrogen) atoms. The first-order chi connectivity index (χ1) is 9.76. The Morgan fingerprint density at radius 1 is 0.800 bits per heavy atom. The van der Waals surface area contributed by atoms with Crippen molar-refractivity contribution in [3.8, 4) is 0 Å². The van der Waals surface area contributed by atoms with E-state index < -0.39 is 0 Å². The van der Waals surface area contributed by atoms with Crippen LogP contribution in [0.3, 0.4) is 0 Å². The number of carbonyl (C=O) groups is 1. The quantitative estimate of drug-likeness (QED) is 0.311. The summed E-state index contributed by atoms with van der Waals surface area (Å²) < 4.78 is 0. The summed E-state index contributed by atoms with van der Waals surface area (Å²) in [6, 6.07) is 0. The van der Waals surface area contributed by atoms with Gasteiger partial charge in [0.15, 0.2) is 0 Å². The SMILES string of the molecule is CCCCCCCCCCCC(=O)N(CCC)CCCl. The van der Waals surface area contributed by atoms with Crippen LogP contribution in [0.2, 0.25) is 0 Å². The van der Waals surface area contributed by atoms with Gasteiger partial charge in [0.25, 0.3) is 0 Å². The van der Waals surface area contributed by atoms with Gasteiger partial charge in [-0.05, 0) is 12.8 Å². The molecule has 120 valence electrons. The number of hydrogen-bond donors (Lipinski definition) is 0. The van der Waals surface area contributed by atoms with Gasteiger partial charge in [0.2, 0.25) is 5.91 Å². The molecule has 0 bridgehead atoms. The van der Waals surface area contributed by atoms with Gasteiger partial charge in [0, 0.05) is 25.4 Å². The first-order valence-corrected chi connectivity index (χ1v) is 9.13. The number of rotatable bonds is 14. The lowest BCUT2D eigenvalue weighted by Gasteiger charge is -2.20. The lowest BCUT2D eigenvalue weighted by molar-refractivity contribution is -0.131. The normalized spacial score (nSPS) is 10.8. The van der Waals surface area contributed by atoms with E-state index >= 15 is 0 Å². The second kappa shape index (κ2) is 15.2. The first-order valence-electron chi connectivity index (χ1n) is 8.60. The van der Waals surface area contributed by atoms with E-state index in [0.29, 0.717) is 18.8 Å². The maximum absolute atomic E-state index is 12.0. The van der Waals surface area contributed by atoms with E-state index in [0.717, 1.165) is 19.4 Å². The second-order valence-corrected chi connectivity index (χ2v) is 6.03. The molecular formula is C17H34ClNO. The molecule has 0 aromatic heterocycles. The highest BCUT2D eigenvalue weighted by atomic mass is 35.5. The Morgan fingerprint density at radius 3 is 1.85 bits per heavy atom.